The van der Waals surface area contributed by atoms with E-state index in [4.69, 9.17) is 45.0 Å². The Morgan fingerprint density at radius 3 is 0.786 bits per heavy atom. The van der Waals surface area contributed by atoms with Gasteiger partial charge in [-0.15, -0.1) is 0 Å². The van der Waals surface area contributed by atoms with Gasteiger partial charge in [0, 0.05) is 0 Å². The maximum absolute atomic E-state index is 8.56. The first-order valence-corrected chi connectivity index (χ1v) is 1.93. The second kappa shape index (κ2) is 23.1. The molecule has 0 radical (unpaired) electrons. The fraction of sp³-hybridized carbons (Fsp3) is 0. The molecule has 0 saturated carbocycles. The zero-order valence-electron chi connectivity index (χ0n) is 7.08. The molecule has 80 valence electrons. The van der Waals surface area contributed by atoms with Gasteiger partial charge < -0.3 is 35.4 Å². The Bertz CT molecular complexity index is 118. The van der Waals surface area contributed by atoms with E-state index in [0.717, 1.165) is 0 Å². The van der Waals surface area contributed by atoms with Gasteiger partial charge in [-0.1, -0.05) is 0 Å². The van der Waals surface area contributed by atoms with Crippen molar-refractivity contribution in [2.45, 2.75) is 0 Å². The van der Waals surface area contributed by atoms with Gasteiger partial charge in [-0.3, -0.25) is 0 Å². The first-order valence-electron chi connectivity index (χ1n) is 1.93. The third-order valence-corrected chi connectivity index (χ3v) is 0. The van der Waals surface area contributed by atoms with Crippen LogP contribution < -0.4 is 56.5 Å². The summed E-state index contributed by atoms with van der Waals surface area (Å²) >= 11 is 0. The zero-order chi connectivity index (χ0) is 10.7. The number of rotatable bonds is 0. The average Bonchev–Trinajstić information content (AvgIpc) is 1.54. The largest absolute Gasteiger partial charge is 1.00 e. The van der Waals surface area contributed by atoms with Gasteiger partial charge >= 0.3 is 63.7 Å². The number of carboxylic acid groups (broad SMARTS) is 6. The van der Waals surface area contributed by atoms with Crippen LogP contribution in [0.15, 0.2) is 0 Å². The van der Waals surface area contributed by atoms with Crippen LogP contribution in [0.4, 0.5) is 14.4 Å². The van der Waals surface area contributed by atoms with Gasteiger partial charge in [0.25, 0.3) is 0 Å². The van der Waals surface area contributed by atoms with Crippen molar-refractivity contribution in [3.8, 4) is 0 Å². The number of hydrogen-bond donors (Lipinski definition) is 5. The van der Waals surface area contributed by atoms with Crippen molar-refractivity contribution in [3.63, 3.8) is 0 Å². The van der Waals surface area contributed by atoms with Crippen molar-refractivity contribution in [2.24, 2.45) is 0 Å². The van der Waals surface area contributed by atoms with Crippen LogP contribution in [0.3, 0.4) is 0 Å². The van der Waals surface area contributed by atoms with Crippen LogP contribution in [0.5, 0.6) is 0 Å². The van der Waals surface area contributed by atoms with E-state index in [9.17, 15) is 0 Å². The van der Waals surface area contributed by atoms with E-state index in [1.807, 2.05) is 0 Å². The van der Waals surface area contributed by atoms with Gasteiger partial charge in [0.05, 0.1) is 0 Å². The molecule has 1 unspecified atom stereocenters. The van der Waals surface area contributed by atoms with Gasteiger partial charge in [0.2, 0.25) is 6.16 Å². The molecular weight excluding hydrogens is 250 g/mol. The van der Waals surface area contributed by atoms with Gasteiger partial charge in [0.1, 0.15) is 0 Å². The van der Waals surface area contributed by atoms with Crippen LogP contribution in [0, 0.1) is 0 Å². The smallest absolute Gasteiger partial charge is 0.565 e. The molecule has 0 spiro atoms. The first kappa shape index (κ1) is 29.2. The Hall–Kier alpha value is -0.124. The second-order valence-electron chi connectivity index (χ2n) is 0.831. The molecule has 0 aliphatic rings. The average molecular weight is 258 g/mol. The van der Waals surface area contributed by atoms with Crippen LogP contribution in [0.2, 0.25) is 0 Å². The van der Waals surface area contributed by atoms with E-state index in [1.165, 1.54) is 0 Å². The summed E-state index contributed by atoms with van der Waals surface area (Å²) in [6, 6.07) is 0. The van der Waals surface area contributed by atoms with E-state index in [-0.39, 0.29) is 61.3 Å². The Kier molecular flexibility index (Phi) is 48.1. The maximum atomic E-state index is 8.56. The van der Waals surface area contributed by atoms with E-state index in [2.05, 4.69) is 0 Å². The molecule has 0 aliphatic heterocycles. The second-order valence-corrected chi connectivity index (χ2v) is 0.831. The third-order valence-electron chi connectivity index (χ3n) is 0. The maximum Gasteiger partial charge on any atom is 1.00 e. The fourth-order valence-electron chi connectivity index (χ4n) is 0. The van der Waals surface area contributed by atoms with Crippen molar-refractivity contribution in [1.29, 1.82) is 0 Å². The summed E-state index contributed by atoms with van der Waals surface area (Å²) in [6.45, 7) is 0. The molecule has 0 heterocycles. The van der Waals surface area contributed by atoms with Crippen LogP contribution in [-0.4, -0.2) is 44.0 Å². The number of carbonyl (C=O) groups is 3. The molecule has 0 fully saturated rings. The molecule has 0 aromatic carbocycles. The fourth-order valence-corrected chi connectivity index (χ4v) is 0. The van der Waals surface area contributed by atoms with Crippen LogP contribution in [0.1, 0.15) is 0 Å². The van der Waals surface area contributed by atoms with Crippen LogP contribution in [0.25, 0.3) is 0 Å². The molecule has 9 nitrogen and oxygen atoms in total. The molecule has 1 atom stereocenters. The molecule has 0 bridgehead atoms. The summed E-state index contributed by atoms with van der Waals surface area (Å²) in [7, 11) is 0. The molecule has 0 rings (SSSR count). The van der Waals surface area contributed by atoms with E-state index in [1.54, 1.807) is 0 Å². The first-order chi connectivity index (χ1) is 5.20. The standard InChI is InChI=1S/3CH2O3.K.H3P/c3*2-1(3)4;;/h3*(H2,2,3,4);;1H3/q;;;+1;/p-1. The van der Waals surface area contributed by atoms with Crippen molar-refractivity contribution >= 4 is 28.4 Å². The van der Waals surface area contributed by atoms with Crippen molar-refractivity contribution in [1.82, 2.24) is 0 Å². The predicted octanol–water partition coefficient (Wildman–Crippen LogP) is -3.61. The third kappa shape index (κ3) is 91900. The van der Waals surface area contributed by atoms with Crippen molar-refractivity contribution in [2.75, 3.05) is 0 Å². The minimum Gasteiger partial charge on any atom is -0.565 e. The SMILES string of the molecule is O=C(O)O.O=C(O)O.O=C([O-])O.P.[K+]. The summed E-state index contributed by atoms with van der Waals surface area (Å²) in [5, 5.41) is 43.2. The van der Waals surface area contributed by atoms with E-state index >= 15 is 0 Å². The molecule has 11 heteroatoms. The van der Waals surface area contributed by atoms with E-state index in [0.29, 0.717) is 0 Å². The molecule has 0 aromatic heterocycles. The summed E-state index contributed by atoms with van der Waals surface area (Å²) in [4.78, 5) is 25.6. The van der Waals surface area contributed by atoms with E-state index < -0.39 is 18.5 Å². The summed E-state index contributed by atoms with van der Waals surface area (Å²) in [6.07, 6.45) is -5.75. The Morgan fingerprint density at radius 1 is 0.786 bits per heavy atom. The van der Waals surface area contributed by atoms with Crippen LogP contribution in [-0.2, 0) is 0 Å². The number of hydrogen-bond acceptors (Lipinski definition) is 4. The Balaban J connectivity index is -0.0000000270. The van der Waals surface area contributed by atoms with Crippen molar-refractivity contribution in [3.05, 3.63) is 0 Å². The predicted molar refractivity (Wildman–Crippen MR) is 40.4 cm³/mol. The molecule has 0 aromatic rings. The molecule has 0 saturated heterocycles. The summed E-state index contributed by atoms with van der Waals surface area (Å²) < 4.78 is 0. The molecule has 5 N–H and O–H groups in total. The molecular formula is C3H8KO9P. The van der Waals surface area contributed by atoms with Gasteiger partial charge in [0.15, 0.2) is 0 Å². The van der Waals surface area contributed by atoms with Gasteiger partial charge in [-0.2, -0.15) is 9.90 Å². The Labute approximate surface area is 123 Å². The minimum absolute atomic E-state index is 0. The molecule has 14 heavy (non-hydrogen) atoms. The molecule has 0 amide bonds. The zero-order valence-corrected chi connectivity index (χ0v) is 11.6. The summed E-state index contributed by atoms with van der Waals surface area (Å²) in [5.74, 6) is 0. The quantitative estimate of drug-likeness (QED) is 0.217. The molecule has 0 aliphatic carbocycles. The minimum atomic E-state index is -2.08. The topological polar surface area (TPSA) is 175 Å². The monoisotopic (exact) mass is 258 g/mol. The van der Waals surface area contributed by atoms with Crippen molar-refractivity contribution < 1.29 is 96.4 Å². The summed E-state index contributed by atoms with van der Waals surface area (Å²) in [5.41, 5.74) is 0. The normalized spacial score (nSPS) is 5.14. The van der Waals surface area contributed by atoms with Gasteiger partial charge in [-0.25, -0.2) is 9.59 Å². The van der Waals surface area contributed by atoms with Crippen LogP contribution >= 0.6 is 9.90 Å². The van der Waals surface area contributed by atoms with Gasteiger partial charge in [-0.05, 0) is 0 Å². The Morgan fingerprint density at radius 2 is 0.786 bits per heavy atom.